The van der Waals surface area contributed by atoms with E-state index in [2.05, 4.69) is 15.5 Å². The van der Waals surface area contributed by atoms with Gasteiger partial charge < -0.3 is 9.73 Å². The van der Waals surface area contributed by atoms with Crippen molar-refractivity contribution in [3.05, 3.63) is 76.2 Å². The molecular weight excluding hydrogens is 442 g/mol. The SMILES string of the molecule is CC(Sc1cc(C(=O)NC2CC2)c2ccccc2n1)c1nnc(-c2ccc([N+](=O)[O-])cc2)o1. The molecule has 1 amide bonds. The Kier molecular flexibility index (Phi) is 5.51. The van der Waals surface area contributed by atoms with Crippen LogP contribution >= 0.6 is 11.8 Å². The summed E-state index contributed by atoms with van der Waals surface area (Å²) < 4.78 is 5.81. The molecule has 2 aromatic heterocycles. The van der Waals surface area contributed by atoms with Gasteiger partial charge in [-0.05, 0) is 44.0 Å². The summed E-state index contributed by atoms with van der Waals surface area (Å²) in [6.45, 7) is 1.92. The standard InChI is InChI=1S/C23H19N5O4S/c1-13(22-26-27-23(32-22)14-6-10-16(11-7-14)28(30)31)33-20-12-18(21(29)24-15-8-9-15)17-4-2-3-5-19(17)25-20/h2-7,10-13,15H,8-9H2,1H3,(H,24,29). The number of amides is 1. The van der Waals surface area contributed by atoms with Crippen molar-refractivity contribution in [2.24, 2.45) is 0 Å². The van der Waals surface area contributed by atoms with E-state index in [1.165, 1.54) is 23.9 Å². The number of nitrogens with zero attached hydrogens (tertiary/aromatic N) is 4. The summed E-state index contributed by atoms with van der Waals surface area (Å²) in [4.78, 5) is 27.9. The van der Waals surface area contributed by atoms with E-state index in [9.17, 15) is 14.9 Å². The summed E-state index contributed by atoms with van der Waals surface area (Å²) >= 11 is 1.42. The van der Waals surface area contributed by atoms with Crippen LogP contribution in [0.15, 0.2) is 64.0 Å². The van der Waals surface area contributed by atoms with Crippen molar-refractivity contribution in [3.8, 4) is 11.5 Å². The Hall–Kier alpha value is -3.79. The lowest BCUT2D eigenvalue weighted by atomic mass is 10.1. The summed E-state index contributed by atoms with van der Waals surface area (Å²) in [6, 6.07) is 15.6. The smallest absolute Gasteiger partial charge is 0.269 e. The molecule has 0 saturated heterocycles. The zero-order valence-electron chi connectivity index (χ0n) is 17.6. The molecule has 4 aromatic rings. The lowest BCUT2D eigenvalue weighted by Crippen LogP contribution is -2.25. The fourth-order valence-corrected chi connectivity index (χ4v) is 4.26. The minimum absolute atomic E-state index is 0.00804. The number of thioether (sulfide) groups is 1. The van der Waals surface area contributed by atoms with E-state index in [1.807, 2.05) is 31.2 Å². The van der Waals surface area contributed by atoms with Gasteiger partial charge in [0.25, 0.3) is 11.6 Å². The number of rotatable bonds is 7. The number of aromatic nitrogens is 3. The molecule has 1 saturated carbocycles. The number of carbonyl (C=O) groups is 1. The molecule has 2 heterocycles. The third-order valence-corrected chi connectivity index (χ3v) is 6.27. The van der Waals surface area contributed by atoms with E-state index in [0.29, 0.717) is 22.0 Å². The van der Waals surface area contributed by atoms with Gasteiger partial charge in [-0.2, -0.15) is 0 Å². The molecular formula is C23H19N5O4S. The van der Waals surface area contributed by atoms with Crippen LogP contribution in [0.5, 0.6) is 0 Å². The normalized spacial score (nSPS) is 14.2. The number of benzene rings is 2. The van der Waals surface area contributed by atoms with Gasteiger partial charge in [-0.3, -0.25) is 14.9 Å². The third-order valence-electron chi connectivity index (χ3n) is 5.26. The molecule has 1 atom stereocenters. The van der Waals surface area contributed by atoms with Gasteiger partial charge in [0, 0.05) is 29.1 Å². The van der Waals surface area contributed by atoms with Crippen molar-refractivity contribution in [1.29, 1.82) is 0 Å². The first-order chi connectivity index (χ1) is 16.0. The lowest BCUT2D eigenvalue weighted by molar-refractivity contribution is -0.384. The number of pyridine rings is 1. The first-order valence-electron chi connectivity index (χ1n) is 10.4. The molecule has 9 nitrogen and oxygen atoms in total. The number of nitrogens with one attached hydrogen (secondary N) is 1. The highest BCUT2D eigenvalue weighted by molar-refractivity contribution is 7.99. The molecule has 1 unspecified atom stereocenters. The quantitative estimate of drug-likeness (QED) is 0.233. The Bertz CT molecular complexity index is 1350. The zero-order valence-corrected chi connectivity index (χ0v) is 18.4. The van der Waals surface area contributed by atoms with Crippen LogP contribution in [-0.4, -0.2) is 32.1 Å². The summed E-state index contributed by atoms with van der Waals surface area (Å²) in [5, 5.41) is 23.4. The minimum atomic E-state index is -0.461. The molecule has 2 aromatic carbocycles. The molecule has 166 valence electrons. The van der Waals surface area contributed by atoms with Crippen molar-refractivity contribution in [2.45, 2.75) is 36.1 Å². The van der Waals surface area contributed by atoms with Crippen LogP contribution in [0.2, 0.25) is 0 Å². The molecule has 1 fully saturated rings. The van der Waals surface area contributed by atoms with E-state index in [1.54, 1.807) is 18.2 Å². The van der Waals surface area contributed by atoms with Crippen LogP contribution < -0.4 is 5.32 Å². The van der Waals surface area contributed by atoms with E-state index in [0.717, 1.165) is 23.7 Å². The monoisotopic (exact) mass is 461 g/mol. The van der Waals surface area contributed by atoms with E-state index >= 15 is 0 Å². The Morgan fingerprint density at radius 1 is 1.18 bits per heavy atom. The van der Waals surface area contributed by atoms with Gasteiger partial charge in [0.15, 0.2) is 0 Å². The molecule has 0 spiro atoms. The maximum atomic E-state index is 12.8. The van der Waals surface area contributed by atoms with Crippen LogP contribution in [0.1, 0.15) is 41.3 Å². The number of hydrogen-bond acceptors (Lipinski definition) is 8. The Morgan fingerprint density at radius 2 is 1.94 bits per heavy atom. The number of fused-ring (bicyclic) bond motifs is 1. The van der Waals surface area contributed by atoms with Crippen LogP contribution in [-0.2, 0) is 0 Å². The number of nitro benzene ring substituents is 1. The molecule has 1 aliphatic rings. The van der Waals surface area contributed by atoms with Gasteiger partial charge in [-0.1, -0.05) is 30.0 Å². The van der Waals surface area contributed by atoms with Crippen molar-refractivity contribution in [2.75, 3.05) is 0 Å². The molecule has 1 aliphatic carbocycles. The predicted molar refractivity (Wildman–Crippen MR) is 123 cm³/mol. The second-order valence-corrected chi connectivity index (χ2v) is 9.14. The number of non-ortho nitro benzene ring substituents is 1. The Morgan fingerprint density at radius 3 is 2.67 bits per heavy atom. The van der Waals surface area contributed by atoms with Crippen molar-refractivity contribution in [3.63, 3.8) is 0 Å². The Balaban J connectivity index is 1.38. The predicted octanol–water partition coefficient (Wildman–Crippen LogP) is 4.94. The average Bonchev–Trinajstić information content (AvgIpc) is 3.49. The van der Waals surface area contributed by atoms with E-state index < -0.39 is 4.92 Å². The number of para-hydroxylation sites is 1. The molecule has 33 heavy (non-hydrogen) atoms. The molecule has 5 rings (SSSR count). The fraction of sp³-hybridized carbons (Fsp3) is 0.217. The second kappa shape index (κ2) is 8.62. The molecule has 0 radical (unpaired) electrons. The summed E-state index contributed by atoms with van der Waals surface area (Å²) in [7, 11) is 0. The van der Waals surface area contributed by atoms with Crippen LogP contribution in [0.4, 0.5) is 5.69 Å². The number of carbonyl (C=O) groups excluding carboxylic acids is 1. The first-order valence-corrected chi connectivity index (χ1v) is 11.3. The topological polar surface area (TPSA) is 124 Å². The molecule has 10 heteroatoms. The Labute approximate surface area is 192 Å². The highest BCUT2D eigenvalue weighted by atomic mass is 32.2. The van der Waals surface area contributed by atoms with E-state index in [-0.39, 0.29) is 28.8 Å². The maximum absolute atomic E-state index is 12.8. The zero-order chi connectivity index (χ0) is 22.9. The molecule has 0 aliphatic heterocycles. The van der Waals surface area contributed by atoms with Gasteiger partial charge in [0.1, 0.15) is 0 Å². The van der Waals surface area contributed by atoms with Gasteiger partial charge in [-0.15, -0.1) is 10.2 Å². The van der Waals surface area contributed by atoms with Crippen LogP contribution in [0.3, 0.4) is 0 Å². The third kappa shape index (κ3) is 4.56. The van der Waals surface area contributed by atoms with Crippen molar-refractivity contribution in [1.82, 2.24) is 20.5 Å². The highest BCUT2D eigenvalue weighted by Crippen LogP contribution is 2.36. The van der Waals surface area contributed by atoms with Gasteiger partial charge in [0.2, 0.25) is 11.8 Å². The summed E-state index contributed by atoms with van der Waals surface area (Å²) in [5.74, 6) is 0.583. The van der Waals surface area contributed by atoms with Gasteiger partial charge >= 0.3 is 0 Å². The maximum Gasteiger partial charge on any atom is 0.269 e. The van der Waals surface area contributed by atoms with E-state index in [4.69, 9.17) is 9.40 Å². The number of hydrogen-bond donors (Lipinski definition) is 1. The first kappa shape index (κ1) is 21.1. The van der Waals surface area contributed by atoms with Gasteiger partial charge in [-0.25, -0.2) is 4.98 Å². The fourth-order valence-electron chi connectivity index (χ4n) is 3.36. The van der Waals surface area contributed by atoms with Crippen LogP contribution in [0, 0.1) is 10.1 Å². The average molecular weight is 462 g/mol. The van der Waals surface area contributed by atoms with Gasteiger partial charge in [0.05, 0.1) is 26.3 Å². The molecule has 1 N–H and O–H groups in total. The summed E-state index contributed by atoms with van der Waals surface area (Å²) in [5.41, 5.74) is 1.93. The second-order valence-electron chi connectivity index (χ2n) is 7.78. The van der Waals surface area contributed by atoms with Crippen molar-refractivity contribution >= 4 is 34.3 Å². The van der Waals surface area contributed by atoms with Crippen molar-refractivity contribution < 1.29 is 14.1 Å². The minimum Gasteiger partial charge on any atom is -0.419 e. The molecule has 0 bridgehead atoms. The lowest BCUT2D eigenvalue weighted by Gasteiger charge is -2.11. The van der Waals surface area contributed by atoms with Crippen LogP contribution in [0.25, 0.3) is 22.4 Å². The summed E-state index contributed by atoms with van der Waals surface area (Å²) in [6.07, 6.45) is 2.03. The largest absolute Gasteiger partial charge is 0.419 e. The number of nitro groups is 1. The highest BCUT2D eigenvalue weighted by Gasteiger charge is 2.25.